The van der Waals surface area contributed by atoms with E-state index in [9.17, 15) is 0 Å². The Morgan fingerprint density at radius 1 is 1.47 bits per heavy atom. The molecule has 0 radical (unpaired) electrons. The summed E-state index contributed by atoms with van der Waals surface area (Å²) in [5.74, 6) is 0. The third-order valence-corrected chi connectivity index (χ3v) is 3.91. The first kappa shape index (κ1) is 13.2. The minimum Gasteiger partial charge on any atom is -0.309 e. The largest absolute Gasteiger partial charge is 0.309 e. The summed E-state index contributed by atoms with van der Waals surface area (Å²) in [5, 5.41) is 5.86. The highest BCUT2D eigenvalue weighted by molar-refractivity contribution is 9.11. The Morgan fingerprint density at radius 2 is 2.13 bits per heavy atom. The van der Waals surface area contributed by atoms with E-state index in [0.29, 0.717) is 6.04 Å². The molecule has 0 aromatic carbocycles. The topological polar surface area (TPSA) is 12.0 Å². The number of nitrogens with one attached hydrogen (secondary N) is 1. The van der Waals surface area contributed by atoms with Crippen LogP contribution in [0.3, 0.4) is 0 Å². The molecule has 1 nitrogen and oxygen atoms in total. The number of hydrogen-bond donors (Lipinski definition) is 1. The van der Waals surface area contributed by atoms with Gasteiger partial charge in [0.2, 0.25) is 0 Å². The van der Waals surface area contributed by atoms with Crippen molar-refractivity contribution >= 4 is 27.3 Å². The molecule has 3 heteroatoms. The van der Waals surface area contributed by atoms with Crippen LogP contribution in [-0.2, 0) is 0 Å². The highest BCUT2D eigenvalue weighted by Crippen LogP contribution is 2.36. The SMILES string of the molecule is CCCNC(c1csc(Br)c1)C(C)(C)C. The summed E-state index contributed by atoms with van der Waals surface area (Å²) in [6.07, 6.45) is 1.18. The van der Waals surface area contributed by atoms with Crippen molar-refractivity contribution < 1.29 is 0 Å². The maximum atomic E-state index is 3.62. The van der Waals surface area contributed by atoms with Crippen LogP contribution in [0.2, 0.25) is 0 Å². The molecule has 15 heavy (non-hydrogen) atoms. The smallest absolute Gasteiger partial charge is 0.0701 e. The summed E-state index contributed by atoms with van der Waals surface area (Å²) in [5.41, 5.74) is 1.66. The van der Waals surface area contributed by atoms with Crippen molar-refractivity contribution in [3.05, 3.63) is 20.8 Å². The highest BCUT2D eigenvalue weighted by Gasteiger charge is 2.26. The molecule has 0 fully saturated rings. The second-order valence-corrected chi connectivity index (χ2v) is 7.23. The van der Waals surface area contributed by atoms with E-state index < -0.39 is 0 Å². The van der Waals surface area contributed by atoms with Crippen molar-refractivity contribution in [1.29, 1.82) is 0 Å². The molecule has 0 aliphatic carbocycles. The van der Waals surface area contributed by atoms with E-state index in [-0.39, 0.29) is 5.41 Å². The monoisotopic (exact) mass is 289 g/mol. The number of rotatable bonds is 4. The average Bonchev–Trinajstić information content (AvgIpc) is 2.50. The van der Waals surface area contributed by atoms with Crippen LogP contribution in [0.5, 0.6) is 0 Å². The van der Waals surface area contributed by atoms with Crippen molar-refractivity contribution in [2.45, 2.75) is 40.2 Å². The Hall–Kier alpha value is 0.140. The number of hydrogen-bond acceptors (Lipinski definition) is 2. The molecule has 1 heterocycles. The maximum absolute atomic E-state index is 3.62. The van der Waals surface area contributed by atoms with Crippen LogP contribution >= 0.6 is 27.3 Å². The molecule has 0 aliphatic rings. The zero-order valence-electron chi connectivity index (χ0n) is 9.93. The van der Waals surface area contributed by atoms with Crippen molar-refractivity contribution in [1.82, 2.24) is 5.32 Å². The highest BCUT2D eigenvalue weighted by atomic mass is 79.9. The summed E-state index contributed by atoms with van der Waals surface area (Å²) >= 11 is 5.29. The van der Waals surface area contributed by atoms with Gasteiger partial charge in [0.25, 0.3) is 0 Å². The van der Waals surface area contributed by atoms with E-state index in [1.165, 1.54) is 15.8 Å². The lowest BCUT2D eigenvalue weighted by Gasteiger charge is -2.31. The predicted octanol–water partition coefficient (Wildman–Crippen LogP) is 4.60. The van der Waals surface area contributed by atoms with Crippen LogP contribution in [-0.4, -0.2) is 6.54 Å². The molecule has 0 aliphatic heterocycles. The van der Waals surface area contributed by atoms with Gasteiger partial charge in [-0.1, -0.05) is 27.7 Å². The molecule has 0 amide bonds. The Bertz CT molecular complexity index is 301. The fraction of sp³-hybridized carbons (Fsp3) is 0.667. The van der Waals surface area contributed by atoms with Gasteiger partial charge in [-0.2, -0.15) is 0 Å². The Kier molecular flexibility index (Phi) is 4.81. The minimum absolute atomic E-state index is 0.260. The molecule has 86 valence electrons. The summed E-state index contributed by atoms with van der Waals surface area (Å²) in [4.78, 5) is 0. The van der Waals surface area contributed by atoms with E-state index in [4.69, 9.17) is 0 Å². The van der Waals surface area contributed by atoms with E-state index in [1.807, 2.05) is 0 Å². The maximum Gasteiger partial charge on any atom is 0.0701 e. The fourth-order valence-corrected chi connectivity index (χ4v) is 2.89. The molecule has 0 bridgehead atoms. The Labute approximate surface area is 105 Å². The van der Waals surface area contributed by atoms with Gasteiger partial charge in [0.15, 0.2) is 0 Å². The van der Waals surface area contributed by atoms with Crippen LogP contribution in [0.1, 0.15) is 45.7 Å². The van der Waals surface area contributed by atoms with Crippen LogP contribution in [0.15, 0.2) is 15.2 Å². The second kappa shape index (κ2) is 5.46. The van der Waals surface area contributed by atoms with Crippen LogP contribution < -0.4 is 5.32 Å². The van der Waals surface area contributed by atoms with Crippen molar-refractivity contribution in [2.24, 2.45) is 5.41 Å². The van der Waals surface area contributed by atoms with Gasteiger partial charge in [0.1, 0.15) is 0 Å². The zero-order valence-corrected chi connectivity index (χ0v) is 12.3. The van der Waals surface area contributed by atoms with Gasteiger partial charge in [0.05, 0.1) is 3.79 Å². The third-order valence-electron chi connectivity index (χ3n) is 2.39. The van der Waals surface area contributed by atoms with Gasteiger partial charge in [-0.05, 0) is 51.3 Å². The molecule has 0 saturated heterocycles. The Balaban J connectivity index is 2.81. The van der Waals surface area contributed by atoms with Crippen LogP contribution in [0, 0.1) is 5.41 Å². The lowest BCUT2D eigenvalue weighted by Crippen LogP contribution is -2.32. The molecular formula is C12H20BrNS. The summed E-state index contributed by atoms with van der Waals surface area (Å²) in [6, 6.07) is 2.67. The first-order chi connectivity index (χ1) is 6.95. The van der Waals surface area contributed by atoms with Crippen molar-refractivity contribution in [3.8, 4) is 0 Å². The minimum atomic E-state index is 0.260. The van der Waals surface area contributed by atoms with Gasteiger partial charge in [-0.15, -0.1) is 11.3 Å². The lowest BCUT2D eigenvalue weighted by atomic mass is 9.83. The van der Waals surface area contributed by atoms with E-state index >= 15 is 0 Å². The molecule has 1 aromatic heterocycles. The summed E-state index contributed by atoms with van der Waals surface area (Å²) in [7, 11) is 0. The molecule has 1 rings (SSSR count). The lowest BCUT2D eigenvalue weighted by molar-refractivity contribution is 0.274. The molecule has 1 N–H and O–H groups in total. The number of thiophene rings is 1. The predicted molar refractivity (Wildman–Crippen MR) is 72.5 cm³/mol. The average molecular weight is 290 g/mol. The molecule has 1 atom stereocenters. The van der Waals surface area contributed by atoms with Crippen LogP contribution in [0.4, 0.5) is 0 Å². The number of halogens is 1. The van der Waals surface area contributed by atoms with Gasteiger partial charge in [-0.3, -0.25) is 0 Å². The van der Waals surface area contributed by atoms with E-state index in [0.717, 1.165) is 6.54 Å². The first-order valence-corrected chi connectivity index (χ1v) is 7.09. The van der Waals surface area contributed by atoms with Gasteiger partial charge in [0, 0.05) is 6.04 Å². The van der Waals surface area contributed by atoms with Gasteiger partial charge >= 0.3 is 0 Å². The summed E-state index contributed by atoms with van der Waals surface area (Å²) in [6.45, 7) is 10.1. The van der Waals surface area contributed by atoms with Gasteiger partial charge in [-0.25, -0.2) is 0 Å². The van der Waals surface area contributed by atoms with E-state index in [2.05, 4.69) is 60.4 Å². The first-order valence-electron chi connectivity index (χ1n) is 5.42. The molecule has 0 saturated carbocycles. The third kappa shape index (κ3) is 3.89. The standard InChI is InChI=1S/C12H20BrNS/c1-5-6-14-11(12(2,3)4)9-7-10(13)15-8-9/h7-8,11,14H,5-6H2,1-4H3. The van der Waals surface area contributed by atoms with Crippen LogP contribution in [0.25, 0.3) is 0 Å². The molecular weight excluding hydrogens is 270 g/mol. The Morgan fingerprint density at radius 3 is 2.53 bits per heavy atom. The normalized spacial score (nSPS) is 14.2. The zero-order chi connectivity index (χ0) is 11.5. The quantitative estimate of drug-likeness (QED) is 0.854. The van der Waals surface area contributed by atoms with E-state index in [1.54, 1.807) is 11.3 Å². The van der Waals surface area contributed by atoms with Crippen molar-refractivity contribution in [3.63, 3.8) is 0 Å². The molecule has 0 spiro atoms. The summed E-state index contributed by atoms with van der Waals surface area (Å²) < 4.78 is 1.21. The molecule has 1 aromatic rings. The second-order valence-electron chi connectivity index (χ2n) is 4.94. The molecule has 1 unspecified atom stereocenters. The van der Waals surface area contributed by atoms with Crippen molar-refractivity contribution in [2.75, 3.05) is 6.54 Å². The fourth-order valence-electron chi connectivity index (χ4n) is 1.69. The van der Waals surface area contributed by atoms with Gasteiger partial charge < -0.3 is 5.32 Å².